The molecule has 0 saturated heterocycles. The van der Waals surface area contributed by atoms with Gasteiger partial charge in [0.1, 0.15) is 25.0 Å². The first-order valence-electron chi connectivity index (χ1n) is 7.62. The molecular formula is C19H19ClNO2+. The summed E-state index contributed by atoms with van der Waals surface area (Å²) in [6, 6.07) is 21.2. The fraction of sp³-hybridized carbons (Fsp3) is 0.158. The van der Waals surface area contributed by atoms with Gasteiger partial charge in [-0.3, -0.25) is 0 Å². The second kappa shape index (κ2) is 7.47. The second-order valence-electron chi connectivity index (χ2n) is 5.40. The molecule has 0 aliphatic carbocycles. The van der Waals surface area contributed by atoms with Crippen LogP contribution in [0.25, 0.3) is 11.3 Å². The predicted octanol–water partition coefficient (Wildman–Crippen LogP) is 3.40. The molecule has 118 valence electrons. The van der Waals surface area contributed by atoms with E-state index >= 15 is 0 Å². The molecule has 3 N–H and O–H groups in total. The van der Waals surface area contributed by atoms with E-state index in [9.17, 15) is 5.11 Å². The van der Waals surface area contributed by atoms with Crippen molar-refractivity contribution >= 4 is 11.6 Å². The second-order valence-corrected chi connectivity index (χ2v) is 5.81. The van der Waals surface area contributed by atoms with E-state index < -0.39 is 6.10 Å². The van der Waals surface area contributed by atoms with Gasteiger partial charge in [0.25, 0.3) is 0 Å². The van der Waals surface area contributed by atoms with Crippen molar-refractivity contribution in [2.75, 3.05) is 6.54 Å². The quantitative estimate of drug-likeness (QED) is 0.728. The van der Waals surface area contributed by atoms with Crippen LogP contribution in [0.2, 0.25) is 5.02 Å². The number of hydrogen-bond acceptors (Lipinski definition) is 2. The first-order valence-corrected chi connectivity index (χ1v) is 8.00. The Morgan fingerprint density at radius 2 is 1.70 bits per heavy atom. The molecule has 0 spiro atoms. The minimum atomic E-state index is -0.478. The van der Waals surface area contributed by atoms with Gasteiger partial charge in [0.15, 0.2) is 5.76 Å². The van der Waals surface area contributed by atoms with Crippen molar-refractivity contribution in [3.8, 4) is 11.3 Å². The molecule has 23 heavy (non-hydrogen) atoms. The van der Waals surface area contributed by atoms with Crippen molar-refractivity contribution in [2.45, 2.75) is 12.6 Å². The van der Waals surface area contributed by atoms with Crippen LogP contribution in [0.15, 0.2) is 71.1 Å². The molecule has 2 aromatic carbocycles. The van der Waals surface area contributed by atoms with E-state index in [4.69, 9.17) is 16.0 Å². The highest BCUT2D eigenvalue weighted by Crippen LogP contribution is 2.28. The number of rotatable bonds is 6. The van der Waals surface area contributed by atoms with Gasteiger partial charge in [-0.1, -0.05) is 54.1 Å². The maximum Gasteiger partial charge on any atom is 0.158 e. The summed E-state index contributed by atoms with van der Waals surface area (Å²) in [6.45, 7) is 1.26. The smallest absolute Gasteiger partial charge is 0.158 e. The molecule has 1 atom stereocenters. The molecule has 0 amide bonds. The molecule has 0 radical (unpaired) electrons. The summed E-state index contributed by atoms with van der Waals surface area (Å²) in [5.41, 5.74) is 1.82. The molecule has 0 aliphatic heterocycles. The van der Waals surface area contributed by atoms with E-state index in [2.05, 4.69) is 0 Å². The Morgan fingerprint density at radius 1 is 0.957 bits per heavy atom. The fourth-order valence-corrected chi connectivity index (χ4v) is 2.72. The van der Waals surface area contributed by atoms with Crippen LogP contribution in [0.5, 0.6) is 0 Å². The van der Waals surface area contributed by atoms with E-state index in [1.807, 2.05) is 72.0 Å². The molecule has 1 aromatic heterocycles. The summed E-state index contributed by atoms with van der Waals surface area (Å²) in [6.07, 6.45) is -0.478. The molecule has 0 saturated carbocycles. The minimum Gasteiger partial charge on any atom is -0.455 e. The monoisotopic (exact) mass is 328 g/mol. The largest absolute Gasteiger partial charge is 0.455 e. The van der Waals surface area contributed by atoms with Gasteiger partial charge >= 0.3 is 0 Å². The summed E-state index contributed by atoms with van der Waals surface area (Å²) in [5.74, 6) is 1.63. The van der Waals surface area contributed by atoms with Crippen LogP contribution < -0.4 is 5.32 Å². The Labute approximate surface area is 140 Å². The Kier molecular flexibility index (Phi) is 5.13. The zero-order chi connectivity index (χ0) is 16.1. The molecular weight excluding hydrogens is 310 g/mol. The molecule has 0 bridgehead atoms. The van der Waals surface area contributed by atoms with Crippen molar-refractivity contribution < 1.29 is 14.8 Å². The van der Waals surface area contributed by atoms with Crippen molar-refractivity contribution in [3.63, 3.8) is 0 Å². The van der Waals surface area contributed by atoms with Gasteiger partial charge in [-0.25, -0.2) is 0 Å². The lowest BCUT2D eigenvalue weighted by atomic mass is 10.1. The zero-order valence-corrected chi connectivity index (χ0v) is 13.4. The third kappa shape index (κ3) is 4.02. The number of quaternary nitrogens is 1. The number of aliphatic hydroxyl groups is 1. The van der Waals surface area contributed by atoms with Crippen LogP contribution >= 0.6 is 11.6 Å². The van der Waals surface area contributed by atoms with Crippen molar-refractivity contribution in [1.29, 1.82) is 0 Å². The van der Waals surface area contributed by atoms with Crippen LogP contribution in [0.1, 0.15) is 17.4 Å². The fourth-order valence-electron chi connectivity index (χ4n) is 2.49. The van der Waals surface area contributed by atoms with Crippen LogP contribution in [0.4, 0.5) is 0 Å². The predicted molar refractivity (Wildman–Crippen MR) is 91.1 cm³/mol. The highest BCUT2D eigenvalue weighted by atomic mass is 35.5. The molecule has 0 fully saturated rings. The summed E-state index contributed by atoms with van der Waals surface area (Å²) >= 11 is 6.18. The SMILES string of the molecule is O[C@H](C[NH2+]Cc1ccc(-c2ccccc2Cl)o1)c1ccccc1. The summed E-state index contributed by atoms with van der Waals surface area (Å²) in [5, 5.41) is 12.9. The Bertz CT molecular complexity index is 755. The van der Waals surface area contributed by atoms with Gasteiger partial charge in [-0.15, -0.1) is 0 Å². The summed E-state index contributed by atoms with van der Waals surface area (Å²) in [7, 11) is 0. The van der Waals surface area contributed by atoms with Crippen LogP contribution in [0.3, 0.4) is 0 Å². The standard InChI is InChI=1S/C19H18ClNO2/c20-17-9-5-4-8-16(17)19-11-10-15(23-19)12-21-13-18(22)14-6-2-1-3-7-14/h1-11,18,21-22H,12-13H2/p+1/t18-/m1/s1. The Hall–Kier alpha value is -2.07. The molecule has 0 aliphatic rings. The van der Waals surface area contributed by atoms with Crippen LogP contribution in [-0.2, 0) is 6.54 Å². The lowest BCUT2D eigenvalue weighted by molar-refractivity contribution is -0.679. The van der Waals surface area contributed by atoms with Gasteiger partial charge in [-0.2, -0.15) is 0 Å². The minimum absolute atomic E-state index is 0.478. The van der Waals surface area contributed by atoms with Crippen LogP contribution in [-0.4, -0.2) is 11.7 Å². The third-order valence-corrected chi connectivity index (χ3v) is 4.05. The number of halogens is 1. The number of nitrogens with two attached hydrogens (primary N) is 1. The number of hydrogen-bond donors (Lipinski definition) is 2. The molecule has 4 heteroatoms. The number of furan rings is 1. The van der Waals surface area contributed by atoms with E-state index in [0.717, 1.165) is 22.6 Å². The van der Waals surface area contributed by atoms with E-state index in [1.54, 1.807) is 0 Å². The molecule has 3 rings (SSSR count). The van der Waals surface area contributed by atoms with E-state index in [0.29, 0.717) is 18.1 Å². The highest BCUT2D eigenvalue weighted by molar-refractivity contribution is 6.33. The van der Waals surface area contributed by atoms with Gasteiger partial charge in [0.05, 0.1) is 5.02 Å². The molecule has 0 unspecified atom stereocenters. The third-order valence-electron chi connectivity index (χ3n) is 3.72. The van der Waals surface area contributed by atoms with Gasteiger partial charge < -0.3 is 14.8 Å². The maximum atomic E-state index is 10.1. The number of aliphatic hydroxyl groups excluding tert-OH is 1. The van der Waals surface area contributed by atoms with Gasteiger partial charge in [0, 0.05) is 5.56 Å². The molecule has 3 nitrogen and oxygen atoms in total. The van der Waals surface area contributed by atoms with Gasteiger partial charge in [0.2, 0.25) is 0 Å². The first-order chi connectivity index (χ1) is 11.2. The Balaban J connectivity index is 1.57. The molecule has 3 aromatic rings. The van der Waals surface area contributed by atoms with E-state index in [-0.39, 0.29) is 0 Å². The number of benzene rings is 2. The highest BCUT2D eigenvalue weighted by Gasteiger charge is 2.11. The van der Waals surface area contributed by atoms with E-state index in [1.165, 1.54) is 0 Å². The van der Waals surface area contributed by atoms with Crippen molar-refractivity contribution in [1.82, 2.24) is 0 Å². The average Bonchev–Trinajstić information content (AvgIpc) is 3.04. The maximum absolute atomic E-state index is 10.1. The van der Waals surface area contributed by atoms with Gasteiger partial charge in [-0.05, 0) is 29.8 Å². The zero-order valence-electron chi connectivity index (χ0n) is 12.7. The Morgan fingerprint density at radius 3 is 2.48 bits per heavy atom. The summed E-state index contributed by atoms with van der Waals surface area (Å²) < 4.78 is 5.84. The van der Waals surface area contributed by atoms with Crippen LogP contribution in [0, 0.1) is 0 Å². The normalized spacial score (nSPS) is 12.3. The first kappa shape index (κ1) is 15.8. The topological polar surface area (TPSA) is 50.0 Å². The average molecular weight is 329 g/mol. The lowest BCUT2D eigenvalue weighted by Gasteiger charge is -2.08. The molecule has 1 heterocycles. The van der Waals surface area contributed by atoms with Crippen molar-refractivity contribution in [2.24, 2.45) is 0 Å². The summed E-state index contributed by atoms with van der Waals surface area (Å²) in [4.78, 5) is 0. The lowest BCUT2D eigenvalue weighted by Crippen LogP contribution is -2.83. The van der Waals surface area contributed by atoms with Crippen molar-refractivity contribution in [3.05, 3.63) is 83.1 Å².